The fraction of sp³-hybridized carbons (Fsp3) is 0.500. The maximum Gasteiger partial charge on any atom is 0.251 e. The molecule has 0 atom stereocenters. The van der Waals surface area contributed by atoms with Gasteiger partial charge in [-0.15, -0.1) is 0 Å². The average Bonchev–Trinajstić information content (AvgIpc) is 3.30. The van der Waals surface area contributed by atoms with E-state index in [2.05, 4.69) is 30.8 Å². The number of carbonyl (C=O) groups excluding carboxylic acids is 1. The first-order valence-corrected chi connectivity index (χ1v) is 12.5. The number of hydrogen-bond acceptors (Lipinski definition) is 7. The van der Waals surface area contributed by atoms with Crippen molar-refractivity contribution in [2.24, 2.45) is 0 Å². The van der Waals surface area contributed by atoms with E-state index in [1.807, 2.05) is 24.3 Å². The van der Waals surface area contributed by atoms with Crippen LogP contribution in [0.25, 0.3) is 22.4 Å². The van der Waals surface area contributed by atoms with Gasteiger partial charge < -0.3 is 20.4 Å². The van der Waals surface area contributed by atoms with E-state index in [1.165, 1.54) is 24.8 Å². The Labute approximate surface area is 200 Å². The van der Waals surface area contributed by atoms with Gasteiger partial charge in [0.2, 0.25) is 5.71 Å². The Balaban J connectivity index is 1.49. The molecule has 34 heavy (non-hydrogen) atoms. The number of fused-ring (bicyclic) bond motifs is 1. The van der Waals surface area contributed by atoms with Crippen molar-refractivity contribution in [2.45, 2.75) is 38.0 Å². The van der Waals surface area contributed by atoms with Crippen LogP contribution < -0.4 is 16.0 Å². The van der Waals surface area contributed by atoms with E-state index >= 15 is 0 Å². The van der Waals surface area contributed by atoms with E-state index < -0.39 is 0 Å². The average molecular weight is 463 g/mol. The minimum atomic E-state index is -0.0921. The van der Waals surface area contributed by atoms with E-state index in [-0.39, 0.29) is 5.91 Å². The molecule has 2 aliphatic rings. The minimum Gasteiger partial charge on any atom is -0.437 e. The summed E-state index contributed by atoms with van der Waals surface area (Å²) < 4.78 is 6.39. The standard InChI is InChI=1S/C26H34N6O2/c1-27-25(33)20-9-7-19(8-10-20)23-21(18-5-3-2-4-6-18)22-24(30-17-31-26(22)34-23)29-13-16-32-14-11-28-12-15-32/h7-10,17-18,28H,2-6,11-16H2,1H3,(H,27,33)(H,29,30,31). The Hall–Kier alpha value is -2.97. The van der Waals surface area contributed by atoms with Crippen molar-refractivity contribution >= 4 is 22.8 Å². The molecule has 0 spiro atoms. The molecule has 8 nitrogen and oxygen atoms in total. The van der Waals surface area contributed by atoms with Crippen LogP contribution in [0.5, 0.6) is 0 Å². The van der Waals surface area contributed by atoms with E-state index in [4.69, 9.17) is 4.42 Å². The third kappa shape index (κ3) is 4.79. The van der Waals surface area contributed by atoms with Crippen LogP contribution in [0, 0.1) is 0 Å². The van der Waals surface area contributed by atoms with Gasteiger partial charge in [-0.3, -0.25) is 9.69 Å². The number of nitrogens with one attached hydrogen (secondary N) is 3. The predicted octanol–water partition coefficient (Wildman–Crippen LogP) is 3.61. The first-order chi connectivity index (χ1) is 16.7. The molecule has 2 fully saturated rings. The van der Waals surface area contributed by atoms with Crippen LogP contribution >= 0.6 is 0 Å². The second-order valence-corrected chi connectivity index (χ2v) is 9.26. The number of hydrogen-bond donors (Lipinski definition) is 3. The fourth-order valence-corrected chi connectivity index (χ4v) is 5.27. The largest absolute Gasteiger partial charge is 0.437 e. The highest BCUT2D eigenvalue weighted by Gasteiger charge is 2.28. The molecular formula is C26H34N6O2. The molecule has 180 valence electrons. The molecule has 1 saturated carbocycles. The third-order valence-corrected chi connectivity index (χ3v) is 7.11. The maximum absolute atomic E-state index is 12.0. The third-order valence-electron chi connectivity index (χ3n) is 7.11. The van der Waals surface area contributed by atoms with Crippen LogP contribution in [-0.4, -0.2) is 67.1 Å². The van der Waals surface area contributed by atoms with Gasteiger partial charge in [-0.1, -0.05) is 31.4 Å². The van der Waals surface area contributed by atoms with Crippen molar-refractivity contribution in [1.82, 2.24) is 25.5 Å². The molecule has 1 saturated heterocycles. The summed E-state index contributed by atoms with van der Waals surface area (Å²) in [5, 5.41) is 10.7. The van der Waals surface area contributed by atoms with Gasteiger partial charge in [-0.05, 0) is 30.9 Å². The molecule has 1 amide bonds. The second-order valence-electron chi connectivity index (χ2n) is 9.26. The van der Waals surface area contributed by atoms with Crippen LogP contribution in [0.1, 0.15) is 53.9 Å². The van der Waals surface area contributed by atoms with E-state index in [1.54, 1.807) is 13.4 Å². The van der Waals surface area contributed by atoms with Crippen LogP contribution in [0.15, 0.2) is 35.0 Å². The molecule has 3 aromatic rings. The lowest BCUT2D eigenvalue weighted by Gasteiger charge is -2.27. The zero-order chi connectivity index (χ0) is 23.3. The summed E-state index contributed by atoms with van der Waals surface area (Å²) in [4.78, 5) is 23.6. The number of aromatic nitrogens is 2. The lowest BCUT2D eigenvalue weighted by molar-refractivity contribution is 0.0963. The molecule has 2 aromatic heterocycles. The molecule has 1 aliphatic carbocycles. The van der Waals surface area contributed by atoms with Crippen LogP contribution in [0.3, 0.4) is 0 Å². The van der Waals surface area contributed by atoms with Crippen molar-refractivity contribution in [3.05, 3.63) is 41.7 Å². The predicted molar refractivity (Wildman–Crippen MR) is 134 cm³/mol. The van der Waals surface area contributed by atoms with Gasteiger partial charge in [0.25, 0.3) is 5.91 Å². The highest BCUT2D eigenvalue weighted by molar-refractivity contribution is 5.96. The zero-order valence-corrected chi connectivity index (χ0v) is 19.9. The number of anilines is 1. The Kier molecular flexibility index (Phi) is 7.06. The smallest absolute Gasteiger partial charge is 0.251 e. The lowest BCUT2D eigenvalue weighted by Crippen LogP contribution is -2.45. The second kappa shape index (κ2) is 10.5. The van der Waals surface area contributed by atoms with Crippen LogP contribution in [0.2, 0.25) is 0 Å². The van der Waals surface area contributed by atoms with Gasteiger partial charge in [-0.25, -0.2) is 9.97 Å². The molecule has 3 heterocycles. The maximum atomic E-state index is 12.0. The van der Waals surface area contributed by atoms with Gasteiger partial charge in [-0.2, -0.15) is 0 Å². The molecule has 0 radical (unpaired) electrons. The van der Waals surface area contributed by atoms with Gasteiger partial charge in [0.15, 0.2) is 0 Å². The fourth-order valence-electron chi connectivity index (χ4n) is 5.27. The van der Waals surface area contributed by atoms with Gasteiger partial charge in [0.1, 0.15) is 17.9 Å². The van der Waals surface area contributed by atoms with E-state index in [0.29, 0.717) is 17.2 Å². The Morgan fingerprint density at radius 2 is 1.88 bits per heavy atom. The summed E-state index contributed by atoms with van der Waals surface area (Å²) in [5.41, 5.74) is 3.45. The normalized spacial score (nSPS) is 17.7. The highest BCUT2D eigenvalue weighted by Crippen LogP contribution is 2.45. The van der Waals surface area contributed by atoms with Crippen molar-refractivity contribution in [3.8, 4) is 11.3 Å². The summed E-state index contributed by atoms with van der Waals surface area (Å²) in [6.07, 6.45) is 7.62. The number of nitrogens with zero attached hydrogens (tertiary/aromatic N) is 3. The topological polar surface area (TPSA) is 95.3 Å². The van der Waals surface area contributed by atoms with E-state index in [0.717, 1.165) is 74.6 Å². The summed E-state index contributed by atoms with van der Waals surface area (Å²) >= 11 is 0. The van der Waals surface area contributed by atoms with Crippen molar-refractivity contribution in [1.29, 1.82) is 0 Å². The number of furan rings is 1. The summed E-state index contributed by atoms with van der Waals surface area (Å²) in [6, 6.07) is 7.65. The van der Waals surface area contributed by atoms with Crippen LogP contribution in [-0.2, 0) is 0 Å². The van der Waals surface area contributed by atoms with E-state index in [9.17, 15) is 4.79 Å². The van der Waals surface area contributed by atoms with Gasteiger partial charge in [0, 0.05) is 63.0 Å². The summed E-state index contributed by atoms with van der Waals surface area (Å²) in [7, 11) is 1.64. The van der Waals surface area contributed by atoms with Gasteiger partial charge >= 0.3 is 0 Å². The Morgan fingerprint density at radius 1 is 1.12 bits per heavy atom. The number of benzene rings is 1. The first kappa shape index (κ1) is 22.8. The summed E-state index contributed by atoms with van der Waals surface area (Å²) in [6.45, 7) is 6.07. The number of piperazine rings is 1. The molecule has 0 unspecified atom stereocenters. The highest BCUT2D eigenvalue weighted by atomic mass is 16.3. The zero-order valence-electron chi connectivity index (χ0n) is 19.9. The monoisotopic (exact) mass is 462 g/mol. The first-order valence-electron chi connectivity index (χ1n) is 12.5. The van der Waals surface area contributed by atoms with Gasteiger partial charge in [0.05, 0.1) is 5.39 Å². The molecule has 3 N–H and O–H groups in total. The molecule has 8 heteroatoms. The van der Waals surface area contributed by atoms with Crippen molar-refractivity contribution in [3.63, 3.8) is 0 Å². The molecule has 0 bridgehead atoms. The Morgan fingerprint density at radius 3 is 2.62 bits per heavy atom. The van der Waals surface area contributed by atoms with Crippen LogP contribution in [0.4, 0.5) is 5.82 Å². The number of rotatable bonds is 7. The van der Waals surface area contributed by atoms with Crippen molar-refractivity contribution < 1.29 is 9.21 Å². The lowest BCUT2D eigenvalue weighted by atomic mass is 9.82. The molecule has 1 aliphatic heterocycles. The number of amides is 1. The number of carbonyl (C=O) groups is 1. The minimum absolute atomic E-state index is 0.0921. The molecular weight excluding hydrogens is 428 g/mol. The quantitative estimate of drug-likeness (QED) is 0.494. The Bertz CT molecular complexity index is 1110. The molecule has 5 rings (SSSR count). The summed E-state index contributed by atoms with van der Waals surface area (Å²) in [5.74, 6) is 2.04. The molecule has 1 aromatic carbocycles. The SMILES string of the molecule is CNC(=O)c1ccc(-c2oc3ncnc(NCCN4CCNCC4)c3c2C2CCCCC2)cc1. The van der Waals surface area contributed by atoms with Crippen molar-refractivity contribution in [2.75, 3.05) is 51.6 Å².